The smallest absolute Gasteiger partial charge is 0.247 e. The van der Waals surface area contributed by atoms with Crippen LogP contribution in [-0.4, -0.2) is 29.8 Å². The van der Waals surface area contributed by atoms with Crippen LogP contribution in [0.3, 0.4) is 0 Å². The largest absolute Gasteiger partial charge is 0.354 e. The van der Waals surface area contributed by atoms with Gasteiger partial charge in [-0.2, -0.15) is 0 Å². The minimum absolute atomic E-state index is 0.0477. The molecule has 1 aromatic rings. The molecule has 21 heavy (non-hydrogen) atoms. The van der Waals surface area contributed by atoms with Crippen LogP contribution in [0, 0.1) is 5.92 Å². The predicted molar refractivity (Wildman–Crippen MR) is 82.7 cm³/mol. The van der Waals surface area contributed by atoms with Gasteiger partial charge in [0, 0.05) is 20.0 Å². The normalized spacial score (nSPS) is 17.5. The Hall–Kier alpha value is -1.84. The number of hydrogen-bond acceptors (Lipinski definition) is 2. The highest BCUT2D eigenvalue weighted by Crippen LogP contribution is 2.29. The molecule has 4 heteroatoms. The maximum Gasteiger partial charge on any atom is 0.247 e. The van der Waals surface area contributed by atoms with E-state index in [1.807, 2.05) is 24.3 Å². The van der Waals surface area contributed by atoms with E-state index in [-0.39, 0.29) is 11.8 Å². The first-order valence-electron chi connectivity index (χ1n) is 7.63. The summed E-state index contributed by atoms with van der Waals surface area (Å²) in [5.41, 5.74) is 2.13. The molecule has 0 saturated heterocycles. The van der Waals surface area contributed by atoms with Crippen molar-refractivity contribution >= 4 is 11.8 Å². The highest BCUT2D eigenvalue weighted by molar-refractivity contribution is 5.88. The summed E-state index contributed by atoms with van der Waals surface area (Å²) in [4.78, 5) is 26.1. The van der Waals surface area contributed by atoms with Crippen molar-refractivity contribution in [1.82, 2.24) is 10.2 Å². The minimum Gasteiger partial charge on any atom is -0.354 e. The highest BCUT2D eigenvalue weighted by Gasteiger charge is 2.33. The van der Waals surface area contributed by atoms with Gasteiger partial charge in [0.15, 0.2) is 0 Å². The van der Waals surface area contributed by atoms with Gasteiger partial charge in [0.05, 0.1) is 0 Å². The van der Waals surface area contributed by atoms with Gasteiger partial charge in [0.1, 0.15) is 6.04 Å². The second-order valence-electron chi connectivity index (χ2n) is 6.04. The molecule has 0 radical (unpaired) electrons. The van der Waals surface area contributed by atoms with Crippen molar-refractivity contribution in [2.24, 2.45) is 5.92 Å². The molecular weight excluding hydrogens is 264 g/mol. The zero-order valence-corrected chi connectivity index (χ0v) is 13.1. The van der Waals surface area contributed by atoms with Crippen LogP contribution < -0.4 is 5.32 Å². The van der Waals surface area contributed by atoms with E-state index in [4.69, 9.17) is 0 Å². The summed E-state index contributed by atoms with van der Waals surface area (Å²) in [7, 11) is 0. The molecule has 2 amide bonds. The standard InChI is InChI=1S/C17H24N2O2/c1-12(2)8-10-18-17(21)16-15-7-5-4-6-14(15)9-11-19(16)13(3)20/h4-7,12,16H,8-11H2,1-3H3,(H,18,21)/t16-/m1/s1. The molecule has 2 rings (SSSR count). The Balaban J connectivity index is 2.19. The van der Waals surface area contributed by atoms with Crippen LogP contribution in [0.4, 0.5) is 0 Å². The Kier molecular flexibility index (Phi) is 4.99. The summed E-state index contributed by atoms with van der Waals surface area (Å²) < 4.78 is 0. The van der Waals surface area contributed by atoms with E-state index in [2.05, 4.69) is 19.2 Å². The van der Waals surface area contributed by atoms with E-state index < -0.39 is 6.04 Å². The van der Waals surface area contributed by atoms with Crippen molar-refractivity contribution < 1.29 is 9.59 Å². The Morgan fingerprint density at radius 1 is 1.33 bits per heavy atom. The van der Waals surface area contributed by atoms with Gasteiger partial charge in [0.25, 0.3) is 0 Å². The molecule has 0 aromatic heterocycles. The third-order valence-corrected chi connectivity index (χ3v) is 3.96. The van der Waals surface area contributed by atoms with Crippen LogP contribution in [0.1, 0.15) is 44.4 Å². The molecule has 1 aromatic carbocycles. The van der Waals surface area contributed by atoms with Crippen LogP contribution in [0.2, 0.25) is 0 Å². The summed E-state index contributed by atoms with van der Waals surface area (Å²) in [5.74, 6) is 0.430. The quantitative estimate of drug-likeness (QED) is 0.924. The van der Waals surface area contributed by atoms with Crippen molar-refractivity contribution in [3.8, 4) is 0 Å². The molecule has 1 N–H and O–H groups in total. The van der Waals surface area contributed by atoms with Gasteiger partial charge in [-0.15, -0.1) is 0 Å². The lowest BCUT2D eigenvalue weighted by molar-refractivity contribution is -0.139. The highest BCUT2D eigenvalue weighted by atomic mass is 16.2. The number of rotatable bonds is 4. The van der Waals surface area contributed by atoms with Gasteiger partial charge in [-0.3, -0.25) is 9.59 Å². The van der Waals surface area contributed by atoms with E-state index in [1.54, 1.807) is 4.90 Å². The van der Waals surface area contributed by atoms with E-state index in [0.29, 0.717) is 19.0 Å². The molecule has 4 nitrogen and oxygen atoms in total. The van der Waals surface area contributed by atoms with Gasteiger partial charge in [-0.05, 0) is 29.9 Å². The van der Waals surface area contributed by atoms with Crippen LogP contribution in [0.15, 0.2) is 24.3 Å². The lowest BCUT2D eigenvalue weighted by atomic mass is 9.92. The van der Waals surface area contributed by atoms with Crippen molar-refractivity contribution in [3.63, 3.8) is 0 Å². The number of amides is 2. The number of carbonyl (C=O) groups excluding carboxylic acids is 2. The Labute approximate surface area is 126 Å². The van der Waals surface area contributed by atoms with Gasteiger partial charge in [0.2, 0.25) is 11.8 Å². The lowest BCUT2D eigenvalue weighted by Gasteiger charge is -2.35. The third-order valence-electron chi connectivity index (χ3n) is 3.96. The van der Waals surface area contributed by atoms with Crippen LogP contribution in [-0.2, 0) is 16.0 Å². The van der Waals surface area contributed by atoms with Crippen molar-refractivity contribution in [1.29, 1.82) is 0 Å². The first-order chi connectivity index (χ1) is 10.0. The zero-order chi connectivity index (χ0) is 15.4. The lowest BCUT2D eigenvalue weighted by Crippen LogP contribution is -2.46. The van der Waals surface area contributed by atoms with Gasteiger partial charge < -0.3 is 10.2 Å². The maximum atomic E-state index is 12.6. The monoisotopic (exact) mass is 288 g/mol. The maximum absolute atomic E-state index is 12.6. The first kappa shape index (κ1) is 15.5. The van der Waals surface area contributed by atoms with E-state index in [0.717, 1.165) is 18.4 Å². The van der Waals surface area contributed by atoms with Gasteiger partial charge in [-0.25, -0.2) is 0 Å². The topological polar surface area (TPSA) is 49.4 Å². The number of hydrogen-bond donors (Lipinski definition) is 1. The number of fused-ring (bicyclic) bond motifs is 1. The average Bonchev–Trinajstić information content (AvgIpc) is 2.45. The molecule has 0 bridgehead atoms. The molecule has 0 unspecified atom stereocenters. The summed E-state index contributed by atoms with van der Waals surface area (Å²) >= 11 is 0. The number of nitrogens with one attached hydrogen (secondary N) is 1. The Morgan fingerprint density at radius 2 is 2.05 bits per heavy atom. The average molecular weight is 288 g/mol. The fourth-order valence-corrected chi connectivity index (χ4v) is 2.77. The second kappa shape index (κ2) is 6.74. The van der Waals surface area contributed by atoms with Crippen molar-refractivity contribution in [2.45, 2.75) is 39.7 Å². The third kappa shape index (κ3) is 3.63. The van der Waals surface area contributed by atoms with E-state index >= 15 is 0 Å². The summed E-state index contributed by atoms with van der Waals surface area (Å²) in [5, 5.41) is 2.98. The summed E-state index contributed by atoms with van der Waals surface area (Å²) in [6.45, 7) is 7.05. The van der Waals surface area contributed by atoms with Crippen LogP contribution in [0.5, 0.6) is 0 Å². The van der Waals surface area contributed by atoms with E-state index in [9.17, 15) is 9.59 Å². The van der Waals surface area contributed by atoms with Crippen LogP contribution >= 0.6 is 0 Å². The number of benzene rings is 1. The molecule has 1 aliphatic rings. The van der Waals surface area contributed by atoms with E-state index in [1.165, 1.54) is 12.5 Å². The molecule has 0 fully saturated rings. The molecule has 1 heterocycles. The molecule has 0 spiro atoms. The molecule has 0 aliphatic carbocycles. The van der Waals surface area contributed by atoms with Gasteiger partial charge >= 0.3 is 0 Å². The molecule has 1 atom stereocenters. The minimum atomic E-state index is -0.486. The SMILES string of the molecule is CC(=O)N1CCc2ccccc2[C@@H]1C(=O)NCCC(C)C. The zero-order valence-electron chi connectivity index (χ0n) is 13.1. The fourth-order valence-electron chi connectivity index (χ4n) is 2.77. The predicted octanol–water partition coefficient (Wildman–Crippen LogP) is 2.29. The Morgan fingerprint density at radius 3 is 2.71 bits per heavy atom. The number of nitrogens with zero attached hydrogens (tertiary/aromatic N) is 1. The number of carbonyl (C=O) groups is 2. The molecule has 0 saturated carbocycles. The van der Waals surface area contributed by atoms with Gasteiger partial charge in [-0.1, -0.05) is 38.1 Å². The first-order valence-corrected chi connectivity index (χ1v) is 7.63. The molecule has 1 aliphatic heterocycles. The fraction of sp³-hybridized carbons (Fsp3) is 0.529. The second-order valence-corrected chi connectivity index (χ2v) is 6.04. The summed E-state index contributed by atoms with van der Waals surface area (Å²) in [6, 6.07) is 7.42. The van der Waals surface area contributed by atoms with Crippen molar-refractivity contribution in [3.05, 3.63) is 35.4 Å². The molecular formula is C17H24N2O2. The molecule has 114 valence electrons. The van der Waals surface area contributed by atoms with Crippen LogP contribution in [0.25, 0.3) is 0 Å². The summed E-state index contributed by atoms with van der Waals surface area (Å²) in [6.07, 6.45) is 1.76. The van der Waals surface area contributed by atoms with Crippen molar-refractivity contribution in [2.75, 3.05) is 13.1 Å². The Bertz CT molecular complexity index is 525.